The van der Waals surface area contributed by atoms with E-state index in [0.29, 0.717) is 11.4 Å². The van der Waals surface area contributed by atoms with Gasteiger partial charge in [0.1, 0.15) is 42.4 Å². The Morgan fingerprint density at radius 2 is 1.91 bits per heavy atom. The van der Waals surface area contributed by atoms with E-state index in [1.165, 1.54) is 7.11 Å². The number of aliphatic hydroxyl groups excluding tert-OH is 1. The van der Waals surface area contributed by atoms with Crippen LogP contribution in [0.4, 0.5) is 0 Å². The predicted molar refractivity (Wildman–Crippen MR) is 157 cm³/mol. The molecule has 1 aliphatic heterocycles. The number of amides is 1. The number of nitrogens with two attached hydrogens (primary N) is 1. The van der Waals surface area contributed by atoms with Crippen molar-refractivity contribution < 1.29 is 38.4 Å². The highest BCUT2D eigenvalue weighted by Crippen LogP contribution is 2.41. The highest BCUT2D eigenvalue weighted by atomic mass is 16.6. The second kappa shape index (κ2) is 14.0. The van der Waals surface area contributed by atoms with Crippen LogP contribution in [-0.4, -0.2) is 83.8 Å². The van der Waals surface area contributed by atoms with Crippen LogP contribution in [-0.2, 0) is 45.4 Å². The summed E-state index contributed by atoms with van der Waals surface area (Å²) in [4.78, 5) is 45.1. The standard InChI is InChI=1S/C30H41N5O8/c1-17(2)23(32)27(38)42-24-20(15-41-22(36)14-18-10-8-7-9-11-18)43-30(5,25(24)37)21-13-12-19(34-21)26(33-16-31)35-28(39)29(3,4)40-6/h7-13,16-17,20,23-25,34,37H,14-15,32H2,1-6H3,(H2,31,33,35,39)/t20-,23+,24-,25-,30+/m1/s1. The van der Waals surface area contributed by atoms with Crippen LogP contribution in [0.25, 0.3) is 0 Å². The van der Waals surface area contributed by atoms with Crippen molar-refractivity contribution in [1.82, 2.24) is 10.3 Å². The van der Waals surface area contributed by atoms with Crippen molar-refractivity contribution >= 4 is 30.0 Å². The lowest BCUT2D eigenvalue weighted by Crippen LogP contribution is -2.47. The maximum Gasteiger partial charge on any atom is 0.323 e. The molecule has 0 radical (unpaired) electrons. The second-order valence-corrected chi connectivity index (χ2v) is 11.3. The van der Waals surface area contributed by atoms with E-state index in [1.54, 1.807) is 58.9 Å². The van der Waals surface area contributed by atoms with Crippen LogP contribution in [0.3, 0.4) is 0 Å². The molecule has 43 heavy (non-hydrogen) atoms. The molecule has 13 nitrogen and oxygen atoms in total. The Morgan fingerprint density at radius 1 is 1.23 bits per heavy atom. The number of methoxy groups -OCH3 is 1. The summed E-state index contributed by atoms with van der Waals surface area (Å²) in [5.74, 6) is -1.95. The van der Waals surface area contributed by atoms with Crippen LogP contribution in [0, 0.1) is 11.3 Å². The lowest BCUT2D eigenvalue weighted by Gasteiger charge is -2.27. The molecule has 6 N–H and O–H groups in total. The Hall–Kier alpha value is -3.91. The number of aliphatic hydroxyl groups is 1. The fraction of sp³-hybridized carbons (Fsp3) is 0.500. The predicted octanol–water partition coefficient (Wildman–Crippen LogP) is 1.57. The molecule has 1 fully saturated rings. The molecular weight excluding hydrogens is 558 g/mol. The van der Waals surface area contributed by atoms with E-state index in [4.69, 9.17) is 30.1 Å². The van der Waals surface area contributed by atoms with Crippen molar-refractivity contribution in [3.8, 4) is 0 Å². The number of carbonyl (C=O) groups excluding carboxylic acids is 3. The third-order valence-electron chi connectivity index (χ3n) is 7.44. The van der Waals surface area contributed by atoms with Crippen LogP contribution in [0.15, 0.2) is 47.5 Å². The minimum atomic E-state index is -1.48. The van der Waals surface area contributed by atoms with E-state index in [-0.39, 0.29) is 24.8 Å². The minimum Gasteiger partial charge on any atom is -0.463 e. The number of rotatable bonds is 12. The number of nitrogens with zero attached hydrogens (tertiary/aromatic N) is 1. The molecule has 1 aromatic heterocycles. The second-order valence-electron chi connectivity index (χ2n) is 11.3. The molecule has 2 heterocycles. The van der Waals surface area contributed by atoms with Crippen molar-refractivity contribution in [2.45, 2.75) is 76.6 Å². The topological polar surface area (TPSA) is 198 Å². The molecule has 234 valence electrons. The van der Waals surface area contributed by atoms with Gasteiger partial charge >= 0.3 is 11.9 Å². The van der Waals surface area contributed by atoms with Crippen LogP contribution >= 0.6 is 0 Å². The molecular formula is C30H41N5O8. The van der Waals surface area contributed by atoms with Gasteiger partial charge < -0.3 is 40.1 Å². The number of esters is 2. The summed E-state index contributed by atoms with van der Waals surface area (Å²) in [6.45, 7) is 7.97. The lowest BCUT2D eigenvalue weighted by molar-refractivity contribution is -0.162. The fourth-order valence-corrected chi connectivity index (χ4v) is 4.34. The summed E-state index contributed by atoms with van der Waals surface area (Å²) >= 11 is 0. The zero-order chi connectivity index (χ0) is 31.9. The fourth-order valence-electron chi connectivity index (χ4n) is 4.34. The van der Waals surface area contributed by atoms with E-state index in [1.807, 2.05) is 18.2 Å². The van der Waals surface area contributed by atoms with E-state index in [0.717, 1.165) is 11.9 Å². The normalized spacial score (nSPS) is 23.1. The lowest BCUT2D eigenvalue weighted by atomic mass is 9.93. The Bertz CT molecular complexity index is 1320. The van der Waals surface area contributed by atoms with Crippen molar-refractivity contribution in [3.05, 3.63) is 59.4 Å². The van der Waals surface area contributed by atoms with Gasteiger partial charge in [0.25, 0.3) is 5.91 Å². The first-order chi connectivity index (χ1) is 20.2. The summed E-state index contributed by atoms with van der Waals surface area (Å²) < 4.78 is 22.6. The number of carbonyl (C=O) groups is 3. The number of aliphatic imine (C=N–C) groups is 1. The molecule has 3 rings (SSSR count). The quantitative estimate of drug-likeness (QED) is 0.136. The van der Waals surface area contributed by atoms with E-state index < -0.39 is 53.4 Å². The number of hydrogen-bond acceptors (Lipinski definition) is 10. The zero-order valence-electron chi connectivity index (χ0n) is 25.2. The van der Waals surface area contributed by atoms with E-state index in [2.05, 4.69) is 15.3 Å². The molecule has 0 saturated carbocycles. The first kappa shape index (κ1) is 33.6. The number of H-pyrrole nitrogens is 1. The average molecular weight is 600 g/mol. The van der Waals surface area contributed by atoms with Gasteiger partial charge in [-0.25, -0.2) is 4.99 Å². The molecule has 0 spiro atoms. The number of amidine groups is 1. The van der Waals surface area contributed by atoms with Gasteiger partial charge in [-0.2, -0.15) is 0 Å². The Balaban J connectivity index is 1.86. The van der Waals surface area contributed by atoms with Crippen LogP contribution < -0.4 is 11.1 Å². The highest BCUT2D eigenvalue weighted by molar-refractivity contribution is 6.10. The number of hydrogen-bond donors (Lipinski definition) is 5. The first-order valence-electron chi connectivity index (χ1n) is 13.9. The maximum atomic E-state index is 12.8. The van der Waals surface area contributed by atoms with Gasteiger partial charge in [-0.15, -0.1) is 0 Å². The zero-order valence-corrected chi connectivity index (χ0v) is 25.2. The van der Waals surface area contributed by atoms with Crippen molar-refractivity contribution in [1.29, 1.82) is 5.41 Å². The highest BCUT2D eigenvalue weighted by Gasteiger charge is 2.56. The number of ether oxygens (including phenoxy) is 4. The van der Waals surface area contributed by atoms with E-state index >= 15 is 0 Å². The minimum absolute atomic E-state index is 0.0246. The van der Waals surface area contributed by atoms with Crippen LogP contribution in [0.1, 0.15) is 51.6 Å². The third kappa shape index (κ3) is 7.93. The van der Waals surface area contributed by atoms with Gasteiger partial charge in [-0.3, -0.25) is 19.8 Å². The smallest absolute Gasteiger partial charge is 0.323 e. The van der Waals surface area contributed by atoms with Gasteiger partial charge in [0.15, 0.2) is 11.9 Å². The average Bonchev–Trinajstić information content (AvgIpc) is 3.56. The van der Waals surface area contributed by atoms with Crippen molar-refractivity contribution in [2.75, 3.05) is 13.7 Å². The summed E-state index contributed by atoms with van der Waals surface area (Å²) in [5.41, 5.74) is 4.76. The summed E-state index contributed by atoms with van der Waals surface area (Å²) in [7, 11) is 1.39. The number of aromatic amines is 1. The van der Waals surface area contributed by atoms with Crippen molar-refractivity contribution in [3.63, 3.8) is 0 Å². The summed E-state index contributed by atoms with van der Waals surface area (Å²) in [5, 5.41) is 21.5. The Morgan fingerprint density at radius 3 is 2.51 bits per heavy atom. The monoisotopic (exact) mass is 599 g/mol. The molecule has 1 aliphatic rings. The third-order valence-corrected chi connectivity index (χ3v) is 7.44. The number of nitrogens with one attached hydrogen (secondary N) is 3. The largest absolute Gasteiger partial charge is 0.463 e. The van der Waals surface area contributed by atoms with Gasteiger partial charge in [-0.1, -0.05) is 44.2 Å². The van der Waals surface area contributed by atoms with Crippen molar-refractivity contribution in [2.24, 2.45) is 16.6 Å². The maximum absolute atomic E-state index is 12.8. The summed E-state index contributed by atoms with van der Waals surface area (Å²) in [6, 6.07) is 11.3. The Kier molecular flexibility index (Phi) is 11.0. The molecule has 5 atom stereocenters. The molecule has 1 saturated heterocycles. The number of aromatic nitrogens is 1. The number of benzene rings is 1. The molecule has 2 aromatic rings. The van der Waals surface area contributed by atoms with Gasteiger partial charge in [-0.05, 0) is 44.4 Å². The van der Waals surface area contributed by atoms with Gasteiger partial charge in [0.2, 0.25) is 0 Å². The van der Waals surface area contributed by atoms with Gasteiger partial charge in [0.05, 0.1) is 17.8 Å². The Labute approximate surface area is 250 Å². The molecule has 0 bridgehead atoms. The van der Waals surface area contributed by atoms with E-state index in [9.17, 15) is 19.5 Å². The summed E-state index contributed by atoms with van der Waals surface area (Å²) in [6.07, 6.45) is -2.88. The van der Waals surface area contributed by atoms with Gasteiger partial charge in [0, 0.05) is 7.11 Å². The molecule has 1 aromatic carbocycles. The van der Waals surface area contributed by atoms with Crippen LogP contribution in [0.5, 0.6) is 0 Å². The first-order valence-corrected chi connectivity index (χ1v) is 13.9. The molecule has 0 aliphatic carbocycles. The molecule has 13 heteroatoms. The SMILES string of the molecule is COC(C)(C)C(=O)NC(=NC=N)c1ccc([C@]2(C)O[C@H](COC(=O)Cc3ccccc3)[C@@H](OC(=O)[C@@H](N)C(C)C)[C@H]2O)[nH]1. The molecule has 1 amide bonds. The van der Waals surface area contributed by atoms with Crippen LogP contribution in [0.2, 0.25) is 0 Å². The molecule has 0 unspecified atom stereocenters.